The average Bonchev–Trinajstić information content (AvgIpc) is 3.27. The third kappa shape index (κ3) is 12.2. The summed E-state index contributed by atoms with van der Waals surface area (Å²) in [5, 5.41) is 8.36. The van der Waals surface area contributed by atoms with Crippen molar-refractivity contribution in [1.82, 2.24) is 0 Å². The van der Waals surface area contributed by atoms with Gasteiger partial charge in [-0.15, -0.1) is 0 Å². The van der Waals surface area contributed by atoms with Crippen LogP contribution in [-0.2, 0) is 14.3 Å². The first-order valence-electron chi connectivity index (χ1n) is 9.06. The van der Waals surface area contributed by atoms with Crippen LogP contribution in [0.2, 0.25) is 0 Å². The fraction of sp³-hybridized carbons (Fsp3) is 0.217. The summed E-state index contributed by atoms with van der Waals surface area (Å²) < 4.78 is 6.84. The van der Waals surface area contributed by atoms with Crippen LogP contribution in [-0.4, -0.2) is 30.1 Å². The largest absolute Gasteiger partial charge is 0.478 e. The van der Waals surface area contributed by atoms with Gasteiger partial charge >= 0.3 is 5.97 Å². The van der Waals surface area contributed by atoms with Gasteiger partial charge < -0.3 is 9.84 Å². The molecule has 1 aliphatic rings. The molecule has 1 N–H and O–H groups in total. The molecule has 0 bridgehead atoms. The minimum Gasteiger partial charge on any atom is -0.478 e. The van der Waals surface area contributed by atoms with Crippen LogP contribution in [0.4, 0.5) is 0 Å². The number of carbonyl (C=O) groups excluding carboxylic acids is 1. The molecule has 0 atom stereocenters. The Bertz CT molecular complexity index is 767. The fourth-order valence-electron chi connectivity index (χ4n) is 2.10. The molecular weight excluding hydrogens is 500 g/mol. The highest BCUT2D eigenvalue weighted by Crippen LogP contribution is 2.17. The lowest BCUT2D eigenvalue weighted by Gasteiger charge is -1.94. The Morgan fingerprint density at radius 2 is 1.31 bits per heavy atom. The van der Waals surface area contributed by atoms with E-state index in [1.807, 2.05) is 48.5 Å². The number of aliphatic carboxylic acids is 1. The van der Waals surface area contributed by atoms with E-state index in [9.17, 15) is 9.59 Å². The summed E-state index contributed by atoms with van der Waals surface area (Å²) in [5.74, 6) is -0.878. The van der Waals surface area contributed by atoms with Crippen LogP contribution in [0.5, 0.6) is 0 Å². The van der Waals surface area contributed by atoms with Gasteiger partial charge in [0.2, 0.25) is 0 Å². The van der Waals surface area contributed by atoms with Crippen LogP contribution in [0.25, 0.3) is 12.2 Å². The van der Waals surface area contributed by atoms with E-state index in [0.717, 1.165) is 39.4 Å². The van der Waals surface area contributed by atoms with Crippen molar-refractivity contribution in [2.45, 2.75) is 19.8 Å². The van der Waals surface area contributed by atoms with Crippen molar-refractivity contribution in [2.75, 3.05) is 13.2 Å². The van der Waals surface area contributed by atoms with E-state index in [4.69, 9.17) is 9.84 Å². The summed E-state index contributed by atoms with van der Waals surface area (Å²) in [6.07, 6.45) is 8.57. The molecule has 0 saturated carbocycles. The lowest BCUT2D eigenvalue weighted by atomic mass is 10.2. The zero-order valence-corrected chi connectivity index (χ0v) is 19.4. The first-order chi connectivity index (χ1) is 13.9. The Morgan fingerprint density at radius 3 is 1.66 bits per heavy atom. The van der Waals surface area contributed by atoms with Gasteiger partial charge in [-0.3, -0.25) is 4.79 Å². The summed E-state index contributed by atoms with van der Waals surface area (Å²) >= 11 is 6.69. The fourth-order valence-corrected chi connectivity index (χ4v) is 2.93. The number of halogens is 2. The van der Waals surface area contributed by atoms with Gasteiger partial charge in [-0.05, 0) is 55.2 Å². The van der Waals surface area contributed by atoms with E-state index in [1.165, 1.54) is 19.8 Å². The molecule has 29 heavy (non-hydrogen) atoms. The van der Waals surface area contributed by atoms with Crippen LogP contribution in [0.1, 0.15) is 30.9 Å². The predicted octanol–water partition coefficient (Wildman–Crippen LogP) is 6.40. The highest BCUT2D eigenvalue weighted by atomic mass is 79.9. The Labute approximate surface area is 188 Å². The van der Waals surface area contributed by atoms with Crippen LogP contribution in [0.15, 0.2) is 69.6 Å². The second-order valence-corrected chi connectivity index (χ2v) is 7.69. The molecule has 0 aliphatic carbocycles. The van der Waals surface area contributed by atoms with Crippen LogP contribution >= 0.6 is 31.9 Å². The first-order valence-corrected chi connectivity index (χ1v) is 10.6. The van der Waals surface area contributed by atoms with Gasteiger partial charge in [-0.25, -0.2) is 4.79 Å². The molecule has 1 saturated heterocycles. The third-order valence-corrected chi connectivity index (χ3v) is 4.99. The number of ketones is 1. The van der Waals surface area contributed by atoms with Crippen molar-refractivity contribution in [3.05, 3.63) is 80.8 Å². The van der Waals surface area contributed by atoms with Gasteiger partial charge in [0.25, 0.3) is 0 Å². The zero-order valence-electron chi connectivity index (χ0n) is 16.2. The molecule has 1 heterocycles. The molecule has 0 aromatic heterocycles. The monoisotopic (exact) mass is 522 g/mol. The lowest BCUT2D eigenvalue weighted by molar-refractivity contribution is -0.131. The average molecular weight is 524 g/mol. The normalized spacial score (nSPS) is 12.8. The Hall–Kier alpha value is -2.02. The Kier molecular flexibility index (Phi) is 12.9. The molecule has 2 aromatic carbocycles. The second-order valence-electron chi connectivity index (χ2n) is 5.98. The number of carboxylic acid groups (broad SMARTS) is 1. The molecule has 6 heteroatoms. The second kappa shape index (κ2) is 14.9. The van der Waals surface area contributed by atoms with E-state index in [-0.39, 0.29) is 5.78 Å². The molecule has 2 aromatic rings. The highest BCUT2D eigenvalue weighted by molar-refractivity contribution is 9.10. The highest BCUT2D eigenvalue weighted by Gasteiger charge is 1.95. The van der Waals surface area contributed by atoms with Gasteiger partial charge in [-0.2, -0.15) is 0 Å². The maximum Gasteiger partial charge on any atom is 0.328 e. The van der Waals surface area contributed by atoms with Crippen molar-refractivity contribution >= 4 is 55.8 Å². The minimum absolute atomic E-state index is 0.0609. The van der Waals surface area contributed by atoms with Crippen molar-refractivity contribution in [1.29, 1.82) is 0 Å². The summed E-state index contributed by atoms with van der Waals surface area (Å²) in [5.41, 5.74) is 1.88. The van der Waals surface area contributed by atoms with E-state index < -0.39 is 5.97 Å². The molecule has 1 aliphatic heterocycles. The molecular formula is C23H24Br2O4. The van der Waals surface area contributed by atoms with Crippen LogP contribution < -0.4 is 0 Å². The number of benzene rings is 2. The van der Waals surface area contributed by atoms with E-state index in [2.05, 4.69) is 31.9 Å². The summed E-state index contributed by atoms with van der Waals surface area (Å²) in [7, 11) is 0. The van der Waals surface area contributed by atoms with Crippen molar-refractivity contribution < 1.29 is 19.4 Å². The number of ether oxygens (including phenoxy) is 1. The lowest BCUT2D eigenvalue weighted by Crippen LogP contribution is -1.85. The number of carboxylic acids is 1. The molecule has 0 radical (unpaired) electrons. The summed E-state index contributed by atoms with van der Waals surface area (Å²) in [6.45, 7) is 3.54. The quantitative estimate of drug-likeness (QED) is 0.471. The summed E-state index contributed by atoms with van der Waals surface area (Å²) in [4.78, 5) is 20.8. The molecule has 3 rings (SSSR count). The number of hydrogen-bond donors (Lipinski definition) is 1. The van der Waals surface area contributed by atoms with E-state index in [1.54, 1.807) is 18.2 Å². The van der Waals surface area contributed by atoms with Crippen LogP contribution in [0.3, 0.4) is 0 Å². The Morgan fingerprint density at radius 1 is 0.862 bits per heavy atom. The Balaban J connectivity index is 0.000000235. The minimum atomic E-state index is -0.939. The zero-order chi connectivity index (χ0) is 21.5. The summed E-state index contributed by atoms with van der Waals surface area (Å²) in [6, 6.07) is 15.2. The molecule has 0 spiro atoms. The van der Waals surface area contributed by atoms with Gasteiger partial charge in [0.1, 0.15) is 0 Å². The third-order valence-electron chi connectivity index (χ3n) is 3.54. The van der Waals surface area contributed by atoms with E-state index in [0.29, 0.717) is 0 Å². The van der Waals surface area contributed by atoms with Crippen molar-refractivity contribution in [3.8, 4) is 0 Å². The molecule has 0 amide bonds. The topological polar surface area (TPSA) is 63.6 Å². The van der Waals surface area contributed by atoms with E-state index >= 15 is 0 Å². The van der Waals surface area contributed by atoms with Gasteiger partial charge in [0.15, 0.2) is 5.78 Å². The number of rotatable bonds is 4. The van der Waals surface area contributed by atoms with Gasteiger partial charge in [0.05, 0.1) is 0 Å². The first kappa shape index (κ1) is 25.0. The number of allylic oxidation sites excluding steroid dienone is 1. The van der Waals surface area contributed by atoms with Crippen LogP contribution in [0, 0.1) is 0 Å². The maximum atomic E-state index is 10.6. The standard InChI is InChI=1S/C10H9BrO.C9H7BrO2.C4H8O/c1-8(12)6-7-9-4-2-3-5-10(9)11;10-8-4-2-1-3-7(8)5-6-9(11)12;1-2-4-5-3-1/h2-7H,1H3;1-6H,(H,11,12);1-4H2. The maximum absolute atomic E-state index is 10.6. The molecule has 154 valence electrons. The van der Waals surface area contributed by atoms with Crippen molar-refractivity contribution in [2.24, 2.45) is 0 Å². The smallest absolute Gasteiger partial charge is 0.328 e. The molecule has 4 nitrogen and oxygen atoms in total. The molecule has 1 fully saturated rings. The van der Waals surface area contributed by atoms with Crippen molar-refractivity contribution in [3.63, 3.8) is 0 Å². The predicted molar refractivity (Wildman–Crippen MR) is 125 cm³/mol. The van der Waals surface area contributed by atoms with Gasteiger partial charge in [-0.1, -0.05) is 74.3 Å². The number of carbonyl (C=O) groups is 2. The molecule has 0 unspecified atom stereocenters. The van der Waals surface area contributed by atoms with Gasteiger partial charge in [0, 0.05) is 28.2 Å². The number of hydrogen-bond acceptors (Lipinski definition) is 3. The SMILES string of the molecule is C1CCOC1.CC(=O)C=Cc1ccccc1Br.O=C(O)C=Cc1ccccc1Br.